The van der Waals surface area contributed by atoms with Crippen molar-refractivity contribution in [3.63, 3.8) is 0 Å². The molecule has 3 aromatic rings. The Kier molecular flexibility index (Phi) is 14.0. The zero-order chi connectivity index (χ0) is 27.1. The van der Waals surface area contributed by atoms with Gasteiger partial charge in [0.15, 0.2) is 0 Å². The summed E-state index contributed by atoms with van der Waals surface area (Å²) in [6, 6.07) is 20.1. The second-order valence-corrected chi connectivity index (χ2v) is 8.47. The van der Waals surface area contributed by atoms with Gasteiger partial charge in [0.2, 0.25) is 5.91 Å². The minimum atomic E-state index is 0.0348. The molecule has 0 aliphatic rings. The van der Waals surface area contributed by atoms with Gasteiger partial charge in [-0.15, -0.1) is 0 Å². The summed E-state index contributed by atoms with van der Waals surface area (Å²) in [6.45, 7) is 18.8. The largest absolute Gasteiger partial charge is 0.489 e. The second kappa shape index (κ2) is 16.4. The summed E-state index contributed by atoms with van der Waals surface area (Å²) in [5.41, 5.74) is 5.01. The number of nitrogens with one attached hydrogen (secondary N) is 1. The fourth-order valence-electron chi connectivity index (χ4n) is 3.66. The van der Waals surface area contributed by atoms with E-state index in [1.807, 2.05) is 90.9 Å². The van der Waals surface area contributed by atoms with E-state index >= 15 is 0 Å². The van der Waals surface area contributed by atoms with E-state index in [9.17, 15) is 4.79 Å². The first-order chi connectivity index (χ1) is 17.4. The molecule has 0 heterocycles. The van der Waals surface area contributed by atoms with Gasteiger partial charge in [-0.2, -0.15) is 0 Å². The molecular weight excluding hydrogens is 446 g/mol. The zero-order valence-electron chi connectivity index (χ0n) is 23.7. The molecule has 1 N–H and O–H groups in total. The number of amides is 1. The van der Waals surface area contributed by atoms with Crippen LogP contribution in [0, 0.1) is 13.8 Å². The van der Waals surface area contributed by atoms with E-state index < -0.39 is 0 Å². The summed E-state index contributed by atoms with van der Waals surface area (Å²) in [7, 11) is 0. The van der Waals surface area contributed by atoms with Gasteiger partial charge in [-0.1, -0.05) is 78.8 Å². The molecule has 0 saturated heterocycles. The van der Waals surface area contributed by atoms with E-state index in [0.29, 0.717) is 18.9 Å². The van der Waals surface area contributed by atoms with Gasteiger partial charge >= 0.3 is 0 Å². The van der Waals surface area contributed by atoms with Crippen molar-refractivity contribution in [1.29, 1.82) is 0 Å². The number of hydrogen-bond donors (Lipinski definition) is 1. The summed E-state index contributed by atoms with van der Waals surface area (Å²) in [4.78, 5) is 11.9. The molecule has 4 heteroatoms. The molecule has 36 heavy (non-hydrogen) atoms. The SMILES string of the molecule is CC.CC.CCCC(=O)Nc1cc(C)c(Oc2ccc(OCc3ccccc3)c(C(C)C)c2)c(C)c1. The van der Waals surface area contributed by atoms with Crippen LogP contribution in [0.25, 0.3) is 0 Å². The Morgan fingerprint density at radius 1 is 0.889 bits per heavy atom. The average molecular weight is 492 g/mol. The number of anilines is 1. The molecule has 0 aromatic heterocycles. The predicted octanol–water partition coefficient (Wildman–Crippen LogP) is 9.59. The maximum Gasteiger partial charge on any atom is 0.224 e. The van der Waals surface area contributed by atoms with Crippen LogP contribution in [0.15, 0.2) is 60.7 Å². The van der Waals surface area contributed by atoms with Gasteiger partial charge in [-0.25, -0.2) is 0 Å². The second-order valence-electron chi connectivity index (χ2n) is 8.47. The van der Waals surface area contributed by atoms with E-state index in [0.717, 1.165) is 51.6 Å². The van der Waals surface area contributed by atoms with E-state index in [1.54, 1.807) is 0 Å². The number of aryl methyl sites for hydroxylation is 2. The molecule has 3 aromatic carbocycles. The first-order valence-electron chi connectivity index (χ1n) is 13.3. The third-order valence-electron chi connectivity index (χ3n) is 5.28. The van der Waals surface area contributed by atoms with Crippen molar-refractivity contribution < 1.29 is 14.3 Å². The van der Waals surface area contributed by atoms with E-state index in [1.165, 1.54) is 0 Å². The first-order valence-corrected chi connectivity index (χ1v) is 13.3. The van der Waals surface area contributed by atoms with Gasteiger partial charge in [-0.3, -0.25) is 4.79 Å². The number of rotatable bonds is 9. The number of ether oxygens (including phenoxy) is 2. The van der Waals surface area contributed by atoms with E-state index in [2.05, 4.69) is 37.4 Å². The first kappa shape index (κ1) is 30.8. The van der Waals surface area contributed by atoms with Crippen LogP contribution in [-0.4, -0.2) is 5.91 Å². The van der Waals surface area contributed by atoms with Crippen LogP contribution in [0.5, 0.6) is 17.2 Å². The van der Waals surface area contributed by atoms with Crippen molar-refractivity contribution in [2.45, 2.75) is 87.7 Å². The smallest absolute Gasteiger partial charge is 0.224 e. The number of hydrogen-bond acceptors (Lipinski definition) is 3. The van der Waals surface area contributed by atoms with Gasteiger partial charge < -0.3 is 14.8 Å². The lowest BCUT2D eigenvalue weighted by Crippen LogP contribution is -2.11. The monoisotopic (exact) mass is 491 g/mol. The minimum Gasteiger partial charge on any atom is -0.489 e. The number of carbonyl (C=O) groups is 1. The maximum absolute atomic E-state index is 11.9. The number of benzene rings is 3. The summed E-state index contributed by atoms with van der Waals surface area (Å²) in [5, 5.41) is 2.96. The molecule has 0 aliphatic carbocycles. The normalized spacial score (nSPS) is 9.94. The Hall–Kier alpha value is -3.27. The molecule has 0 unspecified atom stereocenters. The van der Waals surface area contributed by atoms with Crippen LogP contribution in [0.1, 0.15) is 89.5 Å². The lowest BCUT2D eigenvalue weighted by Gasteiger charge is -2.18. The topological polar surface area (TPSA) is 47.6 Å². The Morgan fingerprint density at radius 2 is 1.50 bits per heavy atom. The van der Waals surface area contributed by atoms with Gasteiger partial charge in [0.1, 0.15) is 23.9 Å². The highest BCUT2D eigenvalue weighted by atomic mass is 16.5. The highest BCUT2D eigenvalue weighted by Gasteiger charge is 2.14. The lowest BCUT2D eigenvalue weighted by atomic mass is 10.0. The third kappa shape index (κ3) is 9.41. The van der Waals surface area contributed by atoms with Gasteiger partial charge in [-0.05, 0) is 73.2 Å². The highest BCUT2D eigenvalue weighted by Crippen LogP contribution is 2.36. The van der Waals surface area contributed by atoms with Gasteiger partial charge in [0.05, 0.1) is 0 Å². The van der Waals surface area contributed by atoms with E-state index in [4.69, 9.17) is 9.47 Å². The maximum atomic E-state index is 11.9. The van der Waals surface area contributed by atoms with Crippen LogP contribution in [0.3, 0.4) is 0 Å². The number of carbonyl (C=O) groups excluding carboxylic acids is 1. The molecule has 0 saturated carbocycles. The zero-order valence-corrected chi connectivity index (χ0v) is 23.7. The molecule has 0 spiro atoms. The van der Waals surface area contributed by atoms with Crippen molar-refractivity contribution in [2.24, 2.45) is 0 Å². The van der Waals surface area contributed by atoms with E-state index in [-0.39, 0.29) is 5.91 Å². The molecular formula is C32H45NO3. The quantitative estimate of drug-likeness (QED) is 0.324. The van der Waals surface area contributed by atoms with Crippen LogP contribution in [-0.2, 0) is 11.4 Å². The Bertz CT molecular complexity index is 1040. The molecule has 0 fully saturated rings. The molecule has 0 atom stereocenters. The lowest BCUT2D eigenvalue weighted by molar-refractivity contribution is -0.116. The molecule has 0 bridgehead atoms. The highest BCUT2D eigenvalue weighted by molar-refractivity contribution is 5.91. The molecule has 0 radical (unpaired) electrons. The van der Waals surface area contributed by atoms with Gasteiger partial charge in [0, 0.05) is 17.7 Å². The molecule has 3 rings (SSSR count). The minimum absolute atomic E-state index is 0.0348. The Labute approximate surface area is 219 Å². The average Bonchev–Trinajstić information content (AvgIpc) is 2.88. The Balaban J connectivity index is 0.00000154. The van der Waals surface area contributed by atoms with Crippen molar-refractivity contribution in [3.8, 4) is 17.2 Å². The van der Waals surface area contributed by atoms with Crippen molar-refractivity contribution in [2.75, 3.05) is 5.32 Å². The fraction of sp³-hybridized carbons (Fsp3) is 0.406. The summed E-state index contributed by atoms with van der Waals surface area (Å²) >= 11 is 0. The third-order valence-corrected chi connectivity index (χ3v) is 5.28. The molecule has 196 valence electrons. The summed E-state index contributed by atoms with van der Waals surface area (Å²) < 4.78 is 12.4. The van der Waals surface area contributed by atoms with Crippen molar-refractivity contribution in [1.82, 2.24) is 0 Å². The standard InChI is InChI=1S/C28H33NO3.2C2H6/c1-6-10-27(30)29-23-15-20(4)28(21(5)16-23)32-24-13-14-26(25(17-24)19(2)3)31-18-22-11-8-7-9-12-22;2*1-2/h7-9,11-17,19H,6,10,18H2,1-5H3,(H,29,30);2*1-2H3. The summed E-state index contributed by atoms with van der Waals surface area (Å²) in [5.74, 6) is 2.79. The fourth-order valence-corrected chi connectivity index (χ4v) is 3.66. The van der Waals surface area contributed by atoms with Crippen LogP contribution in [0.4, 0.5) is 5.69 Å². The van der Waals surface area contributed by atoms with Crippen molar-refractivity contribution in [3.05, 3.63) is 82.9 Å². The van der Waals surface area contributed by atoms with Crippen LogP contribution in [0.2, 0.25) is 0 Å². The van der Waals surface area contributed by atoms with Gasteiger partial charge in [0.25, 0.3) is 0 Å². The predicted molar refractivity (Wildman–Crippen MR) is 154 cm³/mol. The van der Waals surface area contributed by atoms with Crippen molar-refractivity contribution >= 4 is 11.6 Å². The summed E-state index contributed by atoms with van der Waals surface area (Å²) in [6.07, 6.45) is 1.35. The van der Waals surface area contributed by atoms with Crippen LogP contribution >= 0.6 is 0 Å². The molecule has 4 nitrogen and oxygen atoms in total. The van der Waals surface area contributed by atoms with Crippen LogP contribution < -0.4 is 14.8 Å². The molecule has 1 amide bonds. The Morgan fingerprint density at radius 3 is 2.06 bits per heavy atom. The molecule has 0 aliphatic heterocycles.